The van der Waals surface area contributed by atoms with E-state index in [1.807, 2.05) is 43.2 Å². The average molecular weight is 802 g/mol. The van der Waals surface area contributed by atoms with Crippen LogP contribution in [0, 0.1) is 0 Å². The number of unbranched alkanes of at least 4 members (excludes halogenated alkanes) is 24. The molecule has 0 amide bonds. The number of rotatable bonds is 43. The zero-order valence-electron chi connectivity index (χ0n) is 35.0. The second-order valence-corrected chi connectivity index (χ2v) is 20.5. The maximum absolute atomic E-state index is 12.3. The zero-order valence-corrected chi connectivity index (χ0v) is 38.3. The van der Waals surface area contributed by atoms with Gasteiger partial charge < -0.3 is 9.64 Å². The van der Waals surface area contributed by atoms with Gasteiger partial charge in [0.2, 0.25) is 0 Å². The van der Waals surface area contributed by atoms with Gasteiger partial charge in [0.1, 0.15) is 6.61 Å². The summed E-state index contributed by atoms with van der Waals surface area (Å²) in [6.07, 6.45) is 49.2. The highest BCUT2D eigenvalue weighted by Gasteiger charge is 2.14. The topological polar surface area (TPSA) is 29.5 Å². The average Bonchev–Trinajstić information content (AvgIpc) is 3.13. The van der Waals surface area contributed by atoms with E-state index in [0.29, 0.717) is 18.3 Å². The van der Waals surface area contributed by atoms with Gasteiger partial charge in [0, 0.05) is 23.7 Å². The Bertz CT molecular complexity index is 764. The van der Waals surface area contributed by atoms with Gasteiger partial charge in [0.15, 0.2) is 0 Å². The molecule has 0 aromatic carbocycles. The Balaban J connectivity index is 3.92. The van der Waals surface area contributed by atoms with Crippen molar-refractivity contribution >= 4 is 49.1 Å². The molecule has 0 radical (unpaired) electrons. The summed E-state index contributed by atoms with van der Waals surface area (Å²) < 4.78 is 5.74. The van der Waals surface area contributed by atoms with Crippen molar-refractivity contribution < 1.29 is 9.53 Å². The molecule has 0 N–H and O–H groups in total. The van der Waals surface area contributed by atoms with Crippen LogP contribution in [0.3, 0.4) is 0 Å². The van der Waals surface area contributed by atoms with Crippen molar-refractivity contribution in [3.8, 4) is 0 Å². The molecule has 0 fully saturated rings. The first-order valence-electron chi connectivity index (χ1n) is 22.2. The normalized spacial score (nSPS) is 12.6. The largest absolute Gasteiger partial charge is 0.464 e. The molecule has 0 rings (SSSR count). The minimum atomic E-state index is -0.0346. The van der Waals surface area contributed by atoms with Crippen molar-refractivity contribution in [2.75, 3.05) is 44.5 Å². The fraction of sp³-hybridized carbons (Fsp3) is 0.889. The number of allylic oxidation sites excluding steroid dienone is 4. The summed E-state index contributed by atoms with van der Waals surface area (Å²) in [5.74, 6) is 3.45. The van der Waals surface area contributed by atoms with Gasteiger partial charge in [0.25, 0.3) is 0 Å². The summed E-state index contributed by atoms with van der Waals surface area (Å²) >= 11 is 0. The van der Waals surface area contributed by atoms with Crippen LogP contribution >= 0.6 is 43.2 Å². The zero-order chi connectivity index (χ0) is 37.8. The first-order valence-corrected chi connectivity index (χ1v) is 27.1. The van der Waals surface area contributed by atoms with E-state index in [9.17, 15) is 4.79 Å². The molecule has 0 aliphatic carbocycles. The van der Waals surface area contributed by atoms with Gasteiger partial charge in [-0.25, -0.2) is 0 Å². The first kappa shape index (κ1) is 52.3. The second-order valence-electron chi connectivity index (χ2n) is 15.1. The molecule has 0 heterocycles. The molecule has 0 aromatic rings. The van der Waals surface area contributed by atoms with Gasteiger partial charge in [0.05, 0.1) is 5.25 Å². The summed E-state index contributed by atoms with van der Waals surface area (Å²) in [6.45, 7) is 6.06. The van der Waals surface area contributed by atoms with Crippen LogP contribution in [0.1, 0.15) is 206 Å². The van der Waals surface area contributed by atoms with Crippen LogP contribution in [0.25, 0.3) is 0 Å². The highest BCUT2D eigenvalue weighted by molar-refractivity contribution is 8.78. The van der Waals surface area contributed by atoms with E-state index in [0.717, 1.165) is 18.7 Å². The number of nitrogens with zero attached hydrogens (tertiary/aromatic N) is 1. The summed E-state index contributed by atoms with van der Waals surface area (Å²) in [6, 6.07) is 0. The van der Waals surface area contributed by atoms with Crippen molar-refractivity contribution in [1.82, 2.24) is 4.90 Å². The Morgan fingerprint density at radius 2 is 0.923 bits per heavy atom. The fourth-order valence-corrected chi connectivity index (χ4v) is 11.6. The van der Waals surface area contributed by atoms with Crippen LogP contribution < -0.4 is 0 Å². The van der Waals surface area contributed by atoms with E-state index in [1.165, 1.54) is 191 Å². The Kier molecular flexibility index (Phi) is 46.0. The summed E-state index contributed by atoms with van der Waals surface area (Å²) in [5, 5.41) is 0.370. The molecule has 52 heavy (non-hydrogen) atoms. The van der Waals surface area contributed by atoms with Crippen molar-refractivity contribution in [3.05, 3.63) is 24.3 Å². The molecule has 7 heteroatoms. The molecule has 1 atom stereocenters. The predicted molar refractivity (Wildman–Crippen MR) is 246 cm³/mol. The quantitative estimate of drug-likeness (QED) is 0.0263. The maximum Gasteiger partial charge on any atom is 0.305 e. The number of carbonyl (C=O) groups is 1. The van der Waals surface area contributed by atoms with E-state index in [2.05, 4.69) is 57.1 Å². The van der Waals surface area contributed by atoms with Gasteiger partial charge >= 0.3 is 5.97 Å². The van der Waals surface area contributed by atoms with Crippen LogP contribution in [0.5, 0.6) is 0 Å². The molecule has 0 bridgehead atoms. The monoisotopic (exact) mass is 802 g/mol. The van der Waals surface area contributed by atoms with Gasteiger partial charge in [-0.1, -0.05) is 197 Å². The molecule has 0 aliphatic rings. The van der Waals surface area contributed by atoms with Gasteiger partial charge in [-0.05, 0) is 91.3 Å². The molecule has 1 unspecified atom stereocenters. The Morgan fingerprint density at radius 1 is 0.519 bits per heavy atom. The third kappa shape index (κ3) is 44.7. The Hall–Kier alpha value is 0.310. The third-order valence-corrected chi connectivity index (χ3v) is 15.1. The van der Waals surface area contributed by atoms with E-state index in [1.54, 1.807) is 0 Å². The molecular formula is C45H87NO2S4. The van der Waals surface area contributed by atoms with Crippen LogP contribution in [0.2, 0.25) is 0 Å². The van der Waals surface area contributed by atoms with E-state index >= 15 is 0 Å². The highest BCUT2D eigenvalue weighted by Crippen LogP contribution is 2.34. The first-order chi connectivity index (χ1) is 25.6. The summed E-state index contributed by atoms with van der Waals surface area (Å²) in [4.78, 5) is 14.5. The lowest BCUT2D eigenvalue weighted by Crippen LogP contribution is -2.19. The van der Waals surface area contributed by atoms with E-state index in [-0.39, 0.29) is 5.97 Å². The molecule has 308 valence electrons. The van der Waals surface area contributed by atoms with Crippen LogP contribution in [-0.2, 0) is 9.53 Å². The van der Waals surface area contributed by atoms with Crippen molar-refractivity contribution in [2.24, 2.45) is 0 Å². The smallest absolute Gasteiger partial charge is 0.305 e. The van der Waals surface area contributed by atoms with Crippen molar-refractivity contribution in [3.63, 3.8) is 0 Å². The minimum absolute atomic E-state index is 0.0346. The highest BCUT2D eigenvalue weighted by atomic mass is 33.1. The molecule has 3 nitrogen and oxygen atoms in total. The van der Waals surface area contributed by atoms with Gasteiger partial charge in [-0.3, -0.25) is 4.79 Å². The van der Waals surface area contributed by atoms with E-state index in [4.69, 9.17) is 4.74 Å². The van der Waals surface area contributed by atoms with Gasteiger partial charge in [-0.15, -0.1) is 0 Å². The fourth-order valence-electron chi connectivity index (χ4n) is 6.05. The van der Waals surface area contributed by atoms with Gasteiger partial charge in [-0.2, -0.15) is 0 Å². The molecule has 0 saturated heterocycles. The van der Waals surface area contributed by atoms with Crippen LogP contribution in [0.4, 0.5) is 0 Å². The third-order valence-electron chi connectivity index (χ3n) is 9.44. The molecule has 0 aliphatic heterocycles. The number of ether oxygens (including phenoxy) is 1. The Morgan fingerprint density at radius 3 is 1.37 bits per heavy atom. The molecular weight excluding hydrogens is 715 g/mol. The number of esters is 1. The second kappa shape index (κ2) is 45.7. The predicted octanol–water partition coefficient (Wildman–Crippen LogP) is 16.1. The van der Waals surface area contributed by atoms with Crippen molar-refractivity contribution in [2.45, 2.75) is 212 Å². The number of hydrogen-bond acceptors (Lipinski definition) is 7. The summed E-state index contributed by atoms with van der Waals surface area (Å²) in [7, 11) is 12.1. The number of hydrogen-bond donors (Lipinski definition) is 0. The van der Waals surface area contributed by atoms with Crippen LogP contribution in [-0.4, -0.2) is 60.6 Å². The van der Waals surface area contributed by atoms with E-state index < -0.39 is 0 Å². The Labute approximate surface area is 342 Å². The standard InChI is InChI=1S/C45H87NO2S4/c1-5-7-9-11-13-15-17-19-21-23-25-27-29-31-33-35-40-49-51-43-44(42-48-45(47)38-37-39-46(3)4)52-50-41-36-34-32-30-28-26-24-22-20-18-16-14-12-10-8-6-2/h19-22,44H,5-18,23-43H2,1-4H3/b21-19-,22-20-. The lowest BCUT2D eigenvalue weighted by molar-refractivity contribution is -0.143. The van der Waals surface area contributed by atoms with Crippen molar-refractivity contribution in [1.29, 1.82) is 0 Å². The number of carbonyl (C=O) groups excluding carboxylic acids is 1. The lowest BCUT2D eigenvalue weighted by Gasteiger charge is -2.16. The molecule has 0 saturated carbocycles. The summed E-state index contributed by atoms with van der Waals surface area (Å²) in [5.41, 5.74) is 0. The van der Waals surface area contributed by atoms with Crippen LogP contribution in [0.15, 0.2) is 24.3 Å². The minimum Gasteiger partial charge on any atom is -0.464 e. The lowest BCUT2D eigenvalue weighted by atomic mass is 10.1. The molecule has 0 aromatic heterocycles. The SMILES string of the molecule is CCCCCCCC/C=C\CCCCCCCCSSCC(COC(=O)CCCN(C)C)SSCCCCCCCC/C=C\CCCCCCCC. The molecule has 0 spiro atoms. The maximum atomic E-state index is 12.3.